The Hall–Kier alpha value is -1.22. The molecule has 4 heteroatoms. The molecule has 1 aromatic carbocycles. The van der Waals surface area contributed by atoms with E-state index in [1.165, 1.54) is 0 Å². The molecule has 1 aromatic rings. The molecule has 1 atom stereocenters. The Balaban J connectivity index is 2.83. The van der Waals surface area contributed by atoms with Crippen molar-refractivity contribution in [2.75, 3.05) is 13.6 Å². The maximum absolute atomic E-state index is 6.16. The molecule has 3 nitrogen and oxygen atoms in total. The first-order chi connectivity index (χ1) is 8.07. The summed E-state index contributed by atoms with van der Waals surface area (Å²) < 4.78 is 0. The van der Waals surface area contributed by atoms with Gasteiger partial charge < -0.3 is 10.6 Å². The van der Waals surface area contributed by atoms with Crippen molar-refractivity contribution >= 4 is 17.6 Å². The first-order valence-corrected chi connectivity index (χ1v) is 6.22. The van der Waals surface area contributed by atoms with E-state index in [2.05, 4.69) is 18.8 Å². The number of hydrogen-bond donors (Lipinski definition) is 1. The van der Waals surface area contributed by atoms with E-state index in [0.29, 0.717) is 5.96 Å². The largest absolute Gasteiger partial charge is 0.370 e. The lowest BCUT2D eigenvalue weighted by Crippen LogP contribution is -2.36. The Morgan fingerprint density at radius 1 is 1.47 bits per heavy atom. The quantitative estimate of drug-likeness (QED) is 0.662. The van der Waals surface area contributed by atoms with Crippen molar-refractivity contribution in [3.63, 3.8) is 0 Å². The molecule has 1 unspecified atom stereocenters. The summed E-state index contributed by atoms with van der Waals surface area (Å²) in [5.74, 6) is 0.555. The van der Waals surface area contributed by atoms with Crippen LogP contribution in [0.2, 0.25) is 5.02 Å². The van der Waals surface area contributed by atoms with Gasteiger partial charge >= 0.3 is 0 Å². The van der Waals surface area contributed by atoms with Crippen LogP contribution in [0.1, 0.15) is 31.9 Å². The highest BCUT2D eigenvalue weighted by molar-refractivity contribution is 6.31. The zero-order chi connectivity index (χ0) is 12.8. The van der Waals surface area contributed by atoms with Crippen molar-refractivity contribution in [1.82, 2.24) is 4.90 Å². The van der Waals surface area contributed by atoms with Gasteiger partial charge in [-0.2, -0.15) is 0 Å². The second-order valence-electron chi connectivity index (χ2n) is 4.05. The van der Waals surface area contributed by atoms with Gasteiger partial charge in [0.1, 0.15) is 0 Å². The average Bonchev–Trinajstić information content (AvgIpc) is 2.34. The molecular weight excluding hydrogens is 234 g/mol. The molecule has 0 heterocycles. The Morgan fingerprint density at radius 2 is 2.12 bits per heavy atom. The Labute approximate surface area is 108 Å². The van der Waals surface area contributed by atoms with E-state index in [1.54, 1.807) is 0 Å². The van der Waals surface area contributed by atoms with Crippen LogP contribution in [0.3, 0.4) is 0 Å². The molecule has 0 spiro atoms. The zero-order valence-corrected chi connectivity index (χ0v) is 11.4. The summed E-state index contributed by atoms with van der Waals surface area (Å²) in [6.45, 7) is 4.90. The number of guanidine groups is 1. The van der Waals surface area contributed by atoms with Crippen LogP contribution >= 0.6 is 11.6 Å². The molecule has 0 aliphatic heterocycles. The van der Waals surface area contributed by atoms with E-state index >= 15 is 0 Å². The topological polar surface area (TPSA) is 41.6 Å². The fourth-order valence-electron chi connectivity index (χ4n) is 1.56. The van der Waals surface area contributed by atoms with Gasteiger partial charge in [-0.15, -0.1) is 0 Å². The normalized spacial score (nSPS) is 13.5. The second kappa shape index (κ2) is 6.50. The number of benzene rings is 1. The van der Waals surface area contributed by atoms with Crippen molar-refractivity contribution in [3.05, 3.63) is 34.9 Å². The first kappa shape index (κ1) is 13.8. The molecule has 94 valence electrons. The van der Waals surface area contributed by atoms with Crippen LogP contribution in [0.15, 0.2) is 29.3 Å². The smallest absolute Gasteiger partial charge is 0.191 e. The van der Waals surface area contributed by atoms with Crippen LogP contribution < -0.4 is 5.73 Å². The standard InChI is InChI=1S/C13H20ClN3/c1-4-9-16-13(15)17(3)10(2)11-7-5-6-8-12(11)14/h5-8,10H,4,9H2,1-3H3,(H2,15,16). The van der Waals surface area contributed by atoms with Crippen molar-refractivity contribution < 1.29 is 0 Å². The van der Waals surface area contributed by atoms with Crippen LogP contribution in [0.5, 0.6) is 0 Å². The van der Waals surface area contributed by atoms with Crippen LogP contribution in [-0.2, 0) is 0 Å². The van der Waals surface area contributed by atoms with Gasteiger partial charge in [-0.1, -0.05) is 36.7 Å². The van der Waals surface area contributed by atoms with E-state index in [4.69, 9.17) is 17.3 Å². The molecule has 0 aliphatic carbocycles. The van der Waals surface area contributed by atoms with Gasteiger partial charge in [-0.3, -0.25) is 4.99 Å². The number of rotatable bonds is 4. The van der Waals surface area contributed by atoms with E-state index in [0.717, 1.165) is 23.6 Å². The summed E-state index contributed by atoms with van der Waals surface area (Å²) in [5.41, 5.74) is 6.99. The molecule has 0 aromatic heterocycles. The fourth-order valence-corrected chi connectivity index (χ4v) is 1.85. The Kier molecular flexibility index (Phi) is 5.29. The zero-order valence-electron chi connectivity index (χ0n) is 10.7. The van der Waals surface area contributed by atoms with Gasteiger partial charge in [0.15, 0.2) is 5.96 Å². The fraction of sp³-hybridized carbons (Fsp3) is 0.462. The van der Waals surface area contributed by atoms with Gasteiger partial charge in [-0.25, -0.2) is 0 Å². The van der Waals surface area contributed by atoms with Gasteiger partial charge in [-0.05, 0) is 25.0 Å². The maximum atomic E-state index is 6.16. The predicted octanol–water partition coefficient (Wildman–Crippen LogP) is 3.06. The summed E-state index contributed by atoms with van der Waals surface area (Å²) in [6, 6.07) is 7.92. The minimum atomic E-state index is 0.115. The van der Waals surface area contributed by atoms with Crippen molar-refractivity contribution in [1.29, 1.82) is 0 Å². The summed E-state index contributed by atoms with van der Waals surface area (Å²) >= 11 is 6.16. The molecule has 17 heavy (non-hydrogen) atoms. The second-order valence-corrected chi connectivity index (χ2v) is 4.46. The molecule has 0 saturated heterocycles. The third kappa shape index (κ3) is 3.63. The maximum Gasteiger partial charge on any atom is 0.191 e. The average molecular weight is 254 g/mol. The number of halogens is 1. The number of nitrogens with two attached hydrogens (primary N) is 1. The van der Waals surface area contributed by atoms with E-state index in [-0.39, 0.29) is 6.04 Å². The molecular formula is C13H20ClN3. The summed E-state index contributed by atoms with van der Waals surface area (Å²) in [4.78, 5) is 6.24. The minimum Gasteiger partial charge on any atom is -0.370 e. The van der Waals surface area contributed by atoms with Crippen molar-refractivity contribution in [2.45, 2.75) is 26.3 Å². The molecule has 0 aliphatic rings. The third-order valence-electron chi connectivity index (χ3n) is 2.80. The lowest BCUT2D eigenvalue weighted by Gasteiger charge is -2.26. The molecule has 0 bridgehead atoms. The number of hydrogen-bond acceptors (Lipinski definition) is 1. The predicted molar refractivity (Wildman–Crippen MR) is 74.4 cm³/mol. The summed E-state index contributed by atoms with van der Waals surface area (Å²) in [7, 11) is 1.93. The Morgan fingerprint density at radius 3 is 2.71 bits per heavy atom. The summed E-state index contributed by atoms with van der Waals surface area (Å²) in [5, 5.41) is 0.759. The lowest BCUT2D eigenvalue weighted by atomic mass is 10.1. The van der Waals surface area contributed by atoms with E-state index in [9.17, 15) is 0 Å². The van der Waals surface area contributed by atoms with Crippen LogP contribution in [0.4, 0.5) is 0 Å². The molecule has 1 rings (SSSR count). The van der Waals surface area contributed by atoms with Gasteiger partial charge in [0.05, 0.1) is 6.04 Å². The first-order valence-electron chi connectivity index (χ1n) is 5.85. The highest BCUT2D eigenvalue weighted by Gasteiger charge is 2.15. The van der Waals surface area contributed by atoms with Gasteiger partial charge in [0, 0.05) is 18.6 Å². The number of aliphatic imine (C=N–C) groups is 1. The van der Waals surface area contributed by atoms with Crippen molar-refractivity contribution in [2.24, 2.45) is 10.7 Å². The van der Waals surface area contributed by atoms with Crippen molar-refractivity contribution in [3.8, 4) is 0 Å². The van der Waals surface area contributed by atoms with Crippen LogP contribution in [-0.4, -0.2) is 24.5 Å². The SMILES string of the molecule is CCCN=C(N)N(C)C(C)c1ccccc1Cl. The molecule has 0 fully saturated rings. The highest BCUT2D eigenvalue weighted by atomic mass is 35.5. The van der Waals surface area contributed by atoms with Gasteiger partial charge in [0.25, 0.3) is 0 Å². The highest BCUT2D eigenvalue weighted by Crippen LogP contribution is 2.25. The number of nitrogens with zero attached hydrogens (tertiary/aromatic N) is 2. The monoisotopic (exact) mass is 253 g/mol. The van der Waals surface area contributed by atoms with Gasteiger partial charge in [0.2, 0.25) is 0 Å². The molecule has 0 radical (unpaired) electrons. The third-order valence-corrected chi connectivity index (χ3v) is 3.14. The minimum absolute atomic E-state index is 0.115. The Bertz CT molecular complexity index is 390. The van der Waals surface area contributed by atoms with Crippen LogP contribution in [0, 0.1) is 0 Å². The summed E-state index contributed by atoms with van der Waals surface area (Å²) in [6.07, 6.45) is 0.995. The molecule has 0 saturated carbocycles. The molecule has 2 N–H and O–H groups in total. The molecule has 0 amide bonds. The lowest BCUT2D eigenvalue weighted by molar-refractivity contribution is 0.396. The van der Waals surface area contributed by atoms with E-state index < -0.39 is 0 Å². The van der Waals surface area contributed by atoms with E-state index in [1.807, 2.05) is 36.2 Å². The van der Waals surface area contributed by atoms with Crippen LogP contribution in [0.25, 0.3) is 0 Å².